The summed E-state index contributed by atoms with van der Waals surface area (Å²) >= 11 is 0. The molecule has 4 rings (SSSR count). The Morgan fingerprint density at radius 1 is 1.15 bits per heavy atom. The van der Waals surface area contributed by atoms with Crippen LogP contribution in [0.3, 0.4) is 0 Å². The molecule has 26 heavy (non-hydrogen) atoms. The highest BCUT2D eigenvalue weighted by molar-refractivity contribution is 5.81. The van der Waals surface area contributed by atoms with Crippen molar-refractivity contribution in [3.8, 4) is 11.5 Å². The molecule has 0 aromatic heterocycles. The third-order valence-corrected chi connectivity index (χ3v) is 5.72. The Bertz CT molecular complexity index is 731. The number of ether oxygens (including phenoxy) is 2. The Morgan fingerprint density at radius 2 is 2.00 bits per heavy atom. The Balaban J connectivity index is 1.53. The van der Waals surface area contributed by atoms with E-state index in [0.717, 1.165) is 49.4 Å². The molecule has 1 aromatic carbocycles. The Labute approximate surface area is 155 Å². The van der Waals surface area contributed by atoms with Gasteiger partial charge in [0.15, 0.2) is 11.5 Å². The lowest BCUT2D eigenvalue weighted by molar-refractivity contribution is -0.126. The number of carbonyl (C=O) groups excluding carboxylic acids is 1. The van der Waals surface area contributed by atoms with Gasteiger partial charge in [-0.2, -0.15) is 0 Å². The van der Waals surface area contributed by atoms with Crippen LogP contribution in [0.4, 0.5) is 0 Å². The average Bonchev–Trinajstić information content (AvgIpc) is 3.32. The van der Waals surface area contributed by atoms with Crippen molar-refractivity contribution >= 4 is 5.91 Å². The van der Waals surface area contributed by atoms with Crippen molar-refractivity contribution in [3.63, 3.8) is 0 Å². The number of allylic oxidation sites excluding steroid dienone is 4. The number of benzene rings is 1. The normalized spacial score (nSPS) is 23.4. The second-order valence-corrected chi connectivity index (χ2v) is 7.46. The zero-order valence-corrected chi connectivity index (χ0v) is 15.4. The van der Waals surface area contributed by atoms with Gasteiger partial charge in [0, 0.05) is 24.6 Å². The SMILES string of the molecule is COc1ccc([C@H]2CC(=O)N(C3=CC=CCC3)C2)cc1OC1CCCC1. The molecule has 1 heterocycles. The fourth-order valence-electron chi connectivity index (χ4n) is 4.25. The Hall–Kier alpha value is -2.23. The highest BCUT2D eigenvalue weighted by Crippen LogP contribution is 2.38. The largest absolute Gasteiger partial charge is 0.493 e. The summed E-state index contributed by atoms with van der Waals surface area (Å²) in [6.07, 6.45) is 13.8. The highest BCUT2D eigenvalue weighted by Gasteiger charge is 2.33. The number of nitrogens with zero attached hydrogens (tertiary/aromatic N) is 1. The number of methoxy groups -OCH3 is 1. The van der Waals surface area contributed by atoms with Crippen molar-refractivity contribution in [2.75, 3.05) is 13.7 Å². The molecule has 1 aromatic rings. The van der Waals surface area contributed by atoms with E-state index in [1.165, 1.54) is 18.4 Å². The van der Waals surface area contributed by atoms with E-state index in [9.17, 15) is 4.79 Å². The van der Waals surface area contributed by atoms with Gasteiger partial charge in [0.25, 0.3) is 0 Å². The first-order valence-electron chi connectivity index (χ1n) is 9.75. The van der Waals surface area contributed by atoms with Gasteiger partial charge in [-0.1, -0.05) is 18.2 Å². The Kier molecular flexibility index (Phi) is 5.00. The first-order chi connectivity index (χ1) is 12.7. The van der Waals surface area contributed by atoms with Crippen LogP contribution in [0.25, 0.3) is 0 Å². The van der Waals surface area contributed by atoms with Crippen LogP contribution in [0, 0.1) is 0 Å². The summed E-state index contributed by atoms with van der Waals surface area (Å²) in [6.45, 7) is 0.758. The lowest BCUT2D eigenvalue weighted by Crippen LogP contribution is -2.24. The van der Waals surface area contributed by atoms with Crippen LogP contribution in [-0.4, -0.2) is 30.6 Å². The maximum absolute atomic E-state index is 12.5. The van der Waals surface area contributed by atoms with Crippen LogP contribution in [0.1, 0.15) is 56.4 Å². The number of carbonyl (C=O) groups is 1. The van der Waals surface area contributed by atoms with Crippen LogP contribution in [-0.2, 0) is 4.79 Å². The zero-order valence-electron chi connectivity index (χ0n) is 15.4. The maximum atomic E-state index is 12.5. The second-order valence-electron chi connectivity index (χ2n) is 7.46. The van der Waals surface area contributed by atoms with Gasteiger partial charge in [-0.3, -0.25) is 4.79 Å². The predicted molar refractivity (Wildman–Crippen MR) is 101 cm³/mol. The summed E-state index contributed by atoms with van der Waals surface area (Å²) in [6, 6.07) is 6.15. The summed E-state index contributed by atoms with van der Waals surface area (Å²) in [5, 5.41) is 0. The third kappa shape index (κ3) is 3.50. The molecule has 2 aliphatic carbocycles. The van der Waals surface area contributed by atoms with E-state index in [4.69, 9.17) is 9.47 Å². The molecule has 3 aliphatic rings. The highest BCUT2D eigenvalue weighted by atomic mass is 16.5. The van der Waals surface area contributed by atoms with Gasteiger partial charge in [0.1, 0.15) is 0 Å². The third-order valence-electron chi connectivity index (χ3n) is 5.72. The standard InChI is InChI=1S/C22H27NO3/c1-25-20-12-11-16(13-21(20)26-19-9-5-6-10-19)17-14-22(24)23(15-17)18-7-3-2-4-8-18/h2-3,7,11-13,17,19H,4-6,8-10,14-15H2,1H3/t17-/m0/s1. The molecule has 1 amide bonds. The molecule has 4 heteroatoms. The van der Waals surface area contributed by atoms with Crippen molar-refractivity contribution in [3.05, 3.63) is 47.7 Å². The van der Waals surface area contributed by atoms with E-state index in [1.807, 2.05) is 11.0 Å². The fourth-order valence-corrected chi connectivity index (χ4v) is 4.25. The molecule has 0 radical (unpaired) electrons. The van der Waals surface area contributed by atoms with Crippen molar-refractivity contribution in [2.24, 2.45) is 0 Å². The molecule has 0 bridgehead atoms. The first kappa shape index (κ1) is 17.2. The molecule has 1 aliphatic heterocycles. The van der Waals surface area contributed by atoms with Gasteiger partial charge in [0.05, 0.1) is 13.2 Å². The smallest absolute Gasteiger partial charge is 0.227 e. The quantitative estimate of drug-likeness (QED) is 0.778. The van der Waals surface area contributed by atoms with Crippen LogP contribution < -0.4 is 9.47 Å². The van der Waals surface area contributed by atoms with Gasteiger partial charge in [-0.15, -0.1) is 0 Å². The van der Waals surface area contributed by atoms with Gasteiger partial charge >= 0.3 is 0 Å². The molecule has 2 fully saturated rings. The summed E-state index contributed by atoms with van der Waals surface area (Å²) in [7, 11) is 1.68. The number of rotatable bonds is 5. The lowest BCUT2D eigenvalue weighted by atomic mass is 9.97. The van der Waals surface area contributed by atoms with Crippen molar-refractivity contribution in [1.82, 2.24) is 4.90 Å². The zero-order chi connectivity index (χ0) is 17.9. The molecule has 0 spiro atoms. The topological polar surface area (TPSA) is 38.8 Å². The summed E-state index contributed by atoms with van der Waals surface area (Å²) in [5.74, 6) is 2.04. The summed E-state index contributed by atoms with van der Waals surface area (Å²) in [4.78, 5) is 14.5. The monoisotopic (exact) mass is 353 g/mol. The molecule has 0 N–H and O–H groups in total. The number of hydrogen-bond donors (Lipinski definition) is 0. The van der Waals surface area contributed by atoms with Crippen molar-refractivity contribution in [1.29, 1.82) is 0 Å². The molecular weight excluding hydrogens is 326 g/mol. The molecule has 4 nitrogen and oxygen atoms in total. The number of hydrogen-bond acceptors (Lipinski definition) is 3. The molecule has 1 atom stereocenters. The molecule has 1 saturated carbocycles. The van der Waals surface area contributed by atoms with E-state index >= 15 is 0 Å². The van der Waals surface area contributed by atoms with Crippen molar-refractivity contribution < 1.29 is 14.3 Å². The van der Waals surface area contributed by atoms with E-state index in [-0.39, 0.29) is 11.8 Å². The van der Waals surface area contributed by atoms with E-state index < -0.39 is 0 Å². The molecule has 1 saturated heterocycles. The minimum Gasteiger partial charge on any atom is -0.493 e. The van der Waals surface area contributed by atoms with E-state index in [2.05, 4.69) is 30.4 Å². The summed E-state index contributed by atoms with van der Waals surface area (Å²) in [5.41, 5.74) is 2.32. The molecular formula is C22H27NO3. The van der Waals surface area contributed by atoms with Crippen LogP contribution >= 0.6 is 0 Å². The molecule has 0 unspecified atom stereocenters. The maximum Gasteiger partial charge on any atom is 0.227 e. The number of amides is 1. The minimum atomic E-state index is 0.214. The number of likely N-dealkylation sites (tertiary alicyclic amines) is 1. The van der Waals surface area contributed by atoms with Crippen LogP contribution in [0.15, 0.2) is 42.1 Å². The predicted octanol–water partition coefficient (Wildman–Crippen LogP) is 4.57. The van der Waals surface area contributed by atoms with Gasteiger partial charge in [0.2, 0.25) is 5.91 Å². The van der Waals surface area contributed by atoms with Gasteiger partial charge in [-0.05, 0) is 62.3 Å². The van der Waals surface area contributed by atoms with Gasteiger partial charge < -0.3 is 14.4 Å². The Morgan fingerprint density at radius 3 is 2.73 bits per heavy atom. The second kappa shape index (κ2) is 7.56. The van der Waals surface area contributed by atoms with Gasteiger partial charge in [-0.25, -0.2) is 0 Å². The molecule has 138 valence electrons. The minimum absolute atomic E-state index is 0.214. The van der Waals surface area contributed by atoms with Crippen LogP contribution in [0.5, 0.6) is 11.5 Å². The average molecular weight is 353 g/mol. The van der Waals surface area contributed by atoms with Crippen LogP contribution in [0.2, 0.25) is 0 Å². The van der Waals surface area contributed by atoms with Crippen molar-refractivity contribution in [2.45, 2.75) is 57.0 Å². The first-order valence-corrected chi connectivity index (χ1v) is 9.75. The lowest BCUT2D eigenvalue weighted by Gasteiger charge is -2.22. The summed E-state index contributed by atoms with van der Waals surface area (Å²) < 4.78 is 11.7. The fraction of sp³-hybridized carbons (Fsp3) is 0.500. The van der Waals surface area contributed by atoms with E-state index in [1.54, 1.807) is 7.11 Å². The van der Waals surface area contributed by atoms with E-state index in [0.29, 0.717) is 12.5 Å².